The summed E-state index contributed by atoms with van der Waals surface area (Å²) in [5, 5.41) is 17.9. The minimum absolute atomic E-state index is 0.210. The van der Waals surface area contributed by atoms with Crippen LogP contribution in [0.2, 0.25) is 0 Å². The lowest BCUT2D eigenvalue weighted by atomic mass is 10.00. The standard InChI is InChI=1S/C18H20FN3OS/c1-18(23,13-9-21-22(2)11-13)12-20-10-14-7-8-17(24-14)15-5-3-4-6-16(15)19/h3-9,11,20,23H,10,12H2,1-2H3. The Bertz CT molecular complexity index is 825. The molecule has 0 amide bonds. The molecule has 0 aliphatic rings. The minimum atomic E-state index is -0.986. The fraction of sp³-hybridized carbons (Fsp3) is 0.278. The van der Waals surface area contributed by atoms with E-state index in [1.807, 2.05) is 31.4 Å². The number of hydrogen-bond acceptors (Lipinski definition) is 4. The highest BCUT2D eigenvalue weighted by molar-refractivity contribution is 7.15. The van der Waals surface area contributed by atoms with Crippen molar-refractivity contribution < 1.29 is 9.50 Å². The molecule has 0 bridgehead atoms. The van der Waals surface area contributed by atoms with Crippen LogP contribution in [0.5, 0.6) is 0 Å². The molecule has 3 aromatic rings. The molecule has 0 radical (unpaired) electrons. The molecule has 2 N–H and O–H groups in total. The third-order valence-corrected chi connectivity index (χ3v) is 5.01. The summed E-state index contributed by atoms with van der Waals surface area (Å²) < 4.78 is 15.5. The zero-order valence-corrected chi connectivity index (χ0v) is 14.5. The van der Waals surface area contributed by atoms with Gasteiger partial charge in [0.15, 0.2) is 0 Å². The molecule has 0 saturated carbocycles. The molecule has 24 heavy (non-hydrogen) atoms. The molecule has 3 rings (SSSR count). The van der Waals surface area contributed by atoms with Gasteiger partial charge in [-0.1, -0.05) is 18.2 Å². The average molecular weight is 345 g/mol. The Morgan fingerprint density at radius 3 is 2.79 bits per heavy atom. The fourth-order valence-electron chi connectivity index (χ4n) is 2.51. The van der Waals surface area contributed by atoms with Gasteiger partial charge in [0.2, 0.25) is 0 Å². The predicted molar refractivity (Wildman–Crippen MR) is 94.2 cm³/mol. The van der Waals surface area contributed by atoms with Crippen LogP contribution in [0, 0.1) is 5.82 Å². The second-order valence-electron chi connectivity index (χ2n) is 6.03. The summed E-state index contributed by atoms with van der Waals surface area (Å²) in [5.41, 5.74) is 0.409. The fourth-order valence-corrected chi connectivity index (χ4v) is 3.51. The van der Waals surface area contributed by atoms with Crippen molar-refractivity contribution >= 4 is 11.3 Å². The summed E-state index contributed by atoms with van der Waals surface area (Å²) in [4.78, 5) is 2.00. The van der Waals surface area contributed by atoms with Gasteiger partial charge in [-0.05, 0) is 25.1 Å². The monoisotopic (exact) mass is 345 g/mol. The van der Waals surface area contributed by atoms with Crippen molar-refractivity contribution in [2.45, 2.75) is 19.1 Å². The normalized spacial score (nSPS) is 13.8. The number of nitrogens with zero attached hydrogens (tertiary/aromatic N) is 2. The van der Waals surface area contributed by atoms with Crippen molar-refractivity contribution in [1.82, 2.24) is 15.1 Å². The molecular weight excluding hydrogens is 325 g/mol. The Balaban J connectivity index is 1.61. The lowest BCUT2D eigenvalue weighted by Crippen LogP contribution is -2.34. The van der Waals surface area contributed by atoms with Crippen LogP contribution in [-0.2, 0) is 19.2 Å². The molecule has 0 aliphatic carbocycles. The highest BCUT2D eigenvalue weighted by Crippen LogP contribution is 2.30. The lowest BCUT2D eigenvalue weighted by molar-refractivity contribution is 0.0566. The summed E-state index contributed by atoms with van der Waals surface area (Å²) in [7, 11) is 1.82. The summed E-state index contributed by atoms with van der Waals surface area (Å²) in [6, 6.07) is 10.7. The number of aromatic nitrogens is 2. The molecule has 0 saturated heterocycles. The van der Waals surface area contributed by atoms with Crippen molar-refractivity contribution in [2.24, 2.45) is 7.05 Å². The SMILES string of the molecule is Cn1cc(C(C)(O)CNCc2ccc(-c3ccccc3F)s2)cn1. The van der Waals surface area contributed by atoms with E-state index in [9.17, 15) is 9.50 Å². The second-order valence-corrected chi connectivity index (χ2v) is 7.19. The van der Waals surface area contributed by atoms with E-state index >= 15 is 0 Å². The van der Waals surface area contributed by atoms with Crippen LogP contribution >= 0.6 is 11.3 Å². The molecule has 6 heteroatoms. The predicted octanol–water partition coefficient (Wildman–Crippen LogP) is 3.29. The van der Waals surface area contributed by atoms with Crippen molar-refractivity contribution in [3.8, 4) is 10.4 Å². The third kappa shape index (κ3) is 3.72. The van der Waals surface area contributed by atoms with E-state index in [4.69, 9.17) is 0 Å². The largest absolute Gasteiger partial charge is 0.384 e. The maximum atomic E-state index is 13.8. The van der Waals surface area contributed by atoms with E-state index in [1.54, 1.807) is 41.3 Å². The molecule has 2 heterocycles. The average Bonchev–Trinajstić information content (AvgIpc) is 3.17. The molecule has 0 fully saturated rings. The highest BCUT2D eigenvalue weighted by Gasteiger charge is 2.24. The number of nitrogens with one attached hydrogen (secondary N) is 1. The number of rotatable bonds is 6. The number of aliphatic hydroxyl groups is 1. The van der Waals surface area contributed by atoms with Gasteiger partial charge in [0.05, 0.1) is 6.20 Å². The zero-order chi connectivity index (χ0) is 17.2. The first-order valence-corrected chi connectivity index (χ1v) is 8.53. The molecule has 2 aromatic heterocycles. The van der Waals surface area contributed by atoms with Crippen LogP contribution in [0.25, 0.3) is 10.4 Å². The highest BCUT2D eigenvalue weighted by atomic mass is 32.1. The maximum absolute atomic E-state index is 13.8. The lowest BCUT2D eigenvalue weighted by Gasteiger charge is -2.22. The Labute approximate surface area is 144 Å². The molecule has 1 unspecified atom stereocenters. The van der Waals surface area contributed by atoms with Gasteiger partial charge in [-0.3, -0.25) is 4.68 Å². The first-order chi connectivity index (χ1) is 11.5. The number of benzene rings is 1. The summed E-state index contributed by atoms with van der Waals surface area (Å²) >= 11 is 1.55. The molecule has 1 atom stereocenters. The van der Waals surface area contributed by atoms with E-state index < -0.39 is 5.60 Å². The first kappa shape index (κ1) is 16.8. The zero-order valence-electron chi connectivity index (χ0n) is 13.7. The number of halogens is 1. The van der Waals surface area contributed by atoms with E-state index in [-0.39, 0.29) is 5.82 Å². The van der Waals surface area contributed by atoms with E-state index in [2.05, 4.69) is 10.4 Å². The minimum Gasteiger partial charge on any atom is -0.384 e. The number of thiophene rings is 1. The maximum Gasteiger partial charge on any atom is 0.131 e. The van der Waals surface area contributed by atoms with Gasteiger partial charge in [0.1, 0.15) is 11.4 Å². The van der Waals surface area contributed by atoms with Crippen LogP contribution in [0.4, 0.5) is 4.39 Å². The van der Waals surface area contributed by atoms with Gasteiger partial charge in [0, 0.05) is 47.2 Å². The Morgan fingerprint density at radius 2 is 2.08 bits per heavy atom. The van der Waals surface area contributed by atoms with Crippen LogP contribution in [-0.4, -0.2) is 21.4 Å². The Kier molecular flexibility index (Phi) is 4.80. The Hall–Kier alpha value is -2.02. The van der Waals surface area contributed by atoms with E-state index in [1.165, 1.54) is 6.07 Å². The smallest absolute Gasteiger partial charge is 0.131 e. The van der Waals surface area contributed by atoms with Crippen LogP contribution < -0.4 is 5.32 Å². The quantitative estimate of drug-likeness (QED) is 0.721. The number of hydrogen-bond donors (Lipinski definition) is 2. The van der Waals surface area contributed by atoms with Crippen LogP contribution in [0.15, 0.2) is 48.8 Å². The van der Waals surface area contributed by atoms with Gasteiger partial charge < -0.3 is 10.4 Å². The van der Waals surface area contributed by atoms with Gasteiger partial charge in [-0.2, -0.15) is 5.10 Å². The van der Waals surface area contributed by atoms with Gasteiger partial charge in [0.25, 0.3) is 0 Å². The van der Waals surface area contributed by atoms with Crippen molar-refractivity contribution in [2.75, 3.05) is 6.54 Å². The summed E-state index contributed by atoms with van der Waals surface area (Å²) in [5.74, 6) is -0.210. The van der Waals surface area contributed by atoms with Gasteiger partial charge in [-0.15, -0.1) is 11.3 Å². The van der Waals surface area contributed by atoms with Gasteiger partial charge >= 0.3 is 0 Å². The topological polar surface area (TPSA) is 50.1 Å². The molecular formula is C18H20FN3OS. The van der Waals surface area contributed by atoms with Crippen molar-refractivity contribution in [3.63, 3.8) is 0 Å². The van der Waals surface area contributed by atoms with Crippen molar-refractivity contribution in [3.05, 3.63) is 65.0 Å². The Morgan fingerprint density at radius 1 is 1.29 bits per heavy atom. The molecule has 4 nitrogen and oxygen atoms in total. The van der Waals surface area contributed by atoms with Crippen LogP contribution in [0.3, 0.4) is 0 Å². The molecule has 1 aromatic carbocycles. The van der Waals surface area contributed by atoms with Crippen LogP contribution in [0.1, 0.15) is 17.4 Å². The van der Waals surface area contributed by atoms with E-state index in [0.717, 1.165) is 15.3 Å². The van der Waals surface area contributed by atoms with E-state index in [0.29, 0.717) is 18.7 Å². The molecule has 0 aliphatic heterocycles. The van der Waals surface area contributed by atoms with Crippen molar-refractivity contribution in [1.29, 1.82) is 0 Å². The first-order valence-electron chi connectivity index (χ1n) is 7.71. The molecule has 0 spiro atoms. The number of aryl methyl sites for hydroxylation is 1. The molecule has 126 valence electrons. The summed E-state index contributed by atoms with van der Waals surface area (Å²) in [6.45, 7) is 2.79. The third-order valence-electron chi connectivity index (χ3n) is 3.90. The van der Waals surface area contributed by atoms with Gasteiger partial charge in [-0.25, -0.2) is 4.39 Å². The summed E-state index contributed by atoms with van der Waals surface area (Å²) in [6.07, 6.45) is 3.48. The second kappa shape index (κ2) is 6.84.